The molecule has 0 spiro atoms. The van der Waals surface area contributed by atoms with Crippen LogP contribution in [0.25, 0.3) is 0 Å². The Labute approximate surface area is 214 Å². The molecule has 1 heterocycles. The molecule has 2 amide bonds. The van der Waals surface area contributed by atoms with Gasteiger partial charge >= 0.3 is 6.03 Å². The highest BCUT2D eigenvalue weighted by atomic mass is 35.5. The first-order valence-electron chi connectivity index (χ1n) is 11.5. The summed E-state index contributed by atoms with van der Waals surface area (Å²) in [5.74, 6) is 2.07. The number of benzene rings is 4. The fraction of sp³-hybridized carbons (Fsp3) is 0.103. The van der Waals surface area contributed by atoms with E-state index in [9.17, 15) is 4.79 Å². The number of hydrogen-bond donors (Lipinski definition) is 1. The lowest BCUT2D eigenvalue weighted by Crippen LogP contribution is -2.30. The first-order chi connectivity index (χ1) is 17.6. The number of carbonyl (C=O) groups excluding carboxylic acids is 1. The van der Waals surface area contributed by atoms with Crippen LogP contribution in [-0.4, -0.2) is 30.4 Å². The van der Waals surface area contributed by atoms with Gasteiger partial charge in [-0.2, -0.15) is 5.10 Å². The number of hydrogen-bond acceptors (Lipinski definition) is 4. The molecule has 1 aliphatic heterocycles. The van der Waals surface area contributed by atoms with E-state index in [0.29, 0.717) is 28.8 Å². The van der Waals surface area contributed by atoms with Crippen LogP contribution >= 0.6 is 11.6 Å². The molecule has 0 saturated heterocycles. The van der Waals surface area contributed by atoms with Gasteiger partial charge in [-0.1, -0.05) is 54.1 Å². The SMILES string of the molecule is COc1ccc(Oc2ccc(NC(=O)N3CC(c4ccccc4)C(c4ccc(Cl)cc4)=N3)cc2)cc1. The van der Waals surface area contributed by atoms with Crippen LogP contribution in [-0.2, 0) is 0 Å². The Morgan fingerprint density at radius 1 is 0.861 bits per heavy atom. The highest BCUT2D eigenvalue weighted by molar-refractivity contribution is 6.30. The lowest BCUT2D eigenvalue weighted by atomic mass is 9.91. The molecule has 180 valence electrons. The van der Waals surface area contributed by atoms with Crippen LogP contribution in [0.3, 0.4) is 0 Å². The van der Waals surface area contributed by atoms with Gasteiger partial charge in [-0.05, 0) is 71.8 Å². The predicted molar refractivity (Wildman–Crippen MR) is 142 cm³/mol. The first-order valence-corrected chi connectivity index (χ1v) is 11.9. The predicted octanol–water partition coefficient (Wildman–Crippen LogP) is 7.18. The molecule has 5 rings (SSSR count). The number of hydrazone groups is 1. The molecule has 1 N–H and O–H groups in total. The maximum atomic E-state index is 13.1. The number of rotatable bonds is 6. The van der Waals surface area contributed by atoms with Gasteiger partial charge in [-0.25, -0.2) is 9.80 Å². The molecule has 0 bridgehead atoms. The van der Waals surface area contributed by atoms with Crippen molar-refractivity contribution < 1.29 is 14.3 Å². The van der Waals surface area contributed by atoms with Crippen LogP contribution in [0.15, 0.2) is 108 Å². The number of anilines is 1. The van der Waals surface area contributed by atoms with E-state index in [-0.39, 0.29) is 11.9 Å². The van der Waals surface area contributed by atoms with E-state index in [4.69, 9.17) is 21.1 Å². The average Bonchev–Trinajstić information content (AvgIpc) is 3.37. The standard InChI is InChI=1S/C29H24ClN3O3/c1-35-24-15-17-26(18-16-24)36-25-13-11-23(12-14-25)31-29(34)33-19-27(20-5-3-2-4-6-20)28(32-33)21-7-9-22(30)10-8-21/h2-18,27H,19H2,1H3,(H,31,34). The summed E-state index contributed by atoms with van der Waals surface area (Å²) in [5.41, 5.74) is 3.51. The summed E-state index contributed by atoms with van der Waals surface area (Å²) in [4.78, 5) is 13.1. The molecule has 7 heteroatoms. The van der Waals surface area contributed by atoms with Crippen LogP contribution in [0.1, 0.15) is 17.0 Å². The molecule has 0 aliphatic carbocycles. The Bertz CT molecular complexity index is 1360. The molecule has 6 nitrogen and oxygen atoms in total. The number of nitrogens with zero attached hydrogens (tertiary/aromatic N) is 2. The van der Waals surface area contributed by atoms with E-state index in [1.165, 1.54) is 5.01 Å². The van der Waals surface area contributed by atoms with Gasteiger partial charge in [0.1, 0.15) is 17.2 Å². The zero-order valence-electron chi connectivity index (χ0n) is 19.6. The molecule has 0 radical (unpaired) electrons. The molecule has 1 aliphatic rings. The normalized spacial score (nSPS) is 14.8. The largest absolute Gasteiger partial charge is 0.497 e. The van der Waals surface area contributed by atoms with Crippen LogP contribution < -0.4 is 14.8 Å². The Hall–Kier alpha value is -4.29. The second kappa shape index (κ2) is 10.5. The van der Waals surface area contributed by atoms with E-state index >= 15 is 0 Å². The summed E-state index contributed by atoms with van der Waals surface area (Å²) in [6.45, 7) is 0.437. The number of halogens is 1. The zero-order chi connectivity index (χ0) is 24.9. The van der Waals surface area contributed by atoms with Crippen molar-refractivity contribution in [3.05, 3.63) is 119 Å². The number of methoxy groups -OCH3 is 1. The summed E-state index contributed by atoms with van der Waals surface area (Å²) < 4.78 is 11.0. The molecule has 0 aromatic heterocycles. The summed E-state index contributed by atoms with van der Waals surface area (Å²) >= 11 is 6.08. The number of carbonyl (C=O) groups is 1. The Balaban J connectivity index is 1.29. The maximum absolute atomic E-state index is 13.1. The molecule has 0 saturated carbocycles. The van der Waals surface area contributed by atoms with E-state index in [1.807, 2.05) is 66.7 Å². The maximum Gasteiger partial charge on any atom is 0.342 e. The van der Waals surface area contributed by atoms with Crippen molar-refractivity contribution in [2.75, 3.05) is 19.0 Å². The first kappa shape index (κ1) is 23.5. The Morgan fingerprint density at radius 3 is 2.11 bits per heavy atom. The number of ether oxygens (including phenoxy) is 2. The molecular formula is C29H24ClN3O3. The minimum absolute atomic E-state index is 0.0431. The third-order valence-corrected chi connectivity index (χ3v) is 6.14. The monoisotopic (exact) mass is 497 g/mol. The van der Waals surface area contributed by atoms with E-state index in [1.54, 1.807) is 31.4 Å². The third-order valence-electron chi connectivity index (χ3n) is 5.89. The lowest BCUT2D eigenvalue weighted by molar-refractivity contribution is 0.218. The van der Waals surface area contributed by atoms with Crippen molar-refractivity contribution in [3.63, 3.8) is 0 Å². The molecule has 1 atom stereocenters. The van der Waals surface area contributed by atoms with Crippen LogP contribution in [0.2, 0.25) is 5.02 Å². The third kappa shape index (κ3) is 5.34. The molecule has 4 aromatic carbocycles. The smallest absolute Gasteiger partial charge is 0.342 e. The van der Waals surface area contributed by atoms with E-state index in [0.717, 1.165) is 22.6 Å². The molecular weight excluding hydrogens is 474 g/mol. The van der Waals surface area contributed by atoms with Crippen molar-refractivity contribution in [2.45, 2.75) is 5.92 Å². The number of nitrogens with one attached hydrogen (secondary N) is 1. The zero-order valence-corrected chi connectivity index (χ0v) is 20.4. The lowest BCUT2D eigenvalue weighted by Gasteiger charge is -2.16. The van der Waals surface area contributed by atoms with Gasteiger partial charge < -0.3 is 14.8 Å². The Morgan fingerprint density at radius 2 is 1.47 bits per heavy atom. The molecule has 1 unspecified atom stereocenters. The van der Waals surface area contributed by atoms with Gasteiger partial charge in [0.15, 0.2) is 0 Å². The van der Waals surface area contributed by atoms with Crippen LogP contribution in [0, 0.1) is 0 Å². The second-order valence-electron chi connectivity index (χ2n) is 8.27. The topological polar surface area (TPSA) is 63.2 Å². The number of amides is 2. The summed E-state index contributed by atoms with van der Waals surface area (Å²) in [6, 6.07) is 31.8. The molecule has 36 heavy (non-hydrogen) atoms. The van der Waals surface area contributed by atoms with Crippen molar-refractivity contribution in [1.82, 2.24) is 5.01 Å². The quantitative estimate of drug-likeness (QED) is 0.307. The van der Waals surface area contributed by atoms with Crippen molar-refractivity contribution in [3.8, 4) is 17.2 Å². The molecule has 4 aromatic rings. The van der Waals surface area contributed by atoms with Gasteiger partial charge in [0.2, 0.25) is 0 Å². The Kier molecular flexibility index (Phi) is 6.87. The minimum Gasteiger partial charge on any atom is -0.497 e. The highest BCUT2D eigenvalue weighted by Gasteiger charge is 2.32. The average molecular weight is 498 g/mol. The van der Waals surface area contributed by atoms with E-state index in [2.05, 4.69) is 22.6 Å². The van der Waals surface area contributed by atoms with Crippen molar-refractivity contribution in [1.29, 1.82) is 0 Å². The van der Waals surface area contributed by atoms with Crippen molar-refractivity contribution >= 4 is 29.0 Å². The van der Waals surface area contributed by atoms with Gasteiger partial charge in [-0.3, -0.25) is 0 Å². The summed E-state index contributed by atoms with van der Waals surface area (Å²) in [7, 11) is 1.62. The van der Waals surface area contributed by atoms with Crippen LogP contribution in [0.4, 0.5) is 10.5 Å². The summed E-state index contributed by atoms with van der Waals surface area (Å²) in [5, 5.41) is 9.75. The highest BCUT2D eigenvalue weighted by Crippen LogP contribution is 2.30. The minimum atomic E-state index is -0.302. The van der Waals surface area contributed by atoms with Gasteiger partial charge in [0.25, 0.3) is 0 Å². The second-order valence-corrected chi connectivity index (χ2v) is 8.71. The fourth-order valence-electron chi connectivity index (χ4n) is 4.03. The van der Waals surface area contributed by atoms with Gasteiger partial charge in [0.05, 0.1) is 19.4 Å². The van der Waals surface area contributed by atoms with E-state index < -0.39 is 0 Å². The fourth-order valence-corrected chi connectivity index (χ4v) is 4.16. The number of urea groups is 1. The van der Waals surface area contributed by atoms with Crippen molar-refractivity contribution in [2.24, 2.45) is 5.10 Å². The molecule has 0 fully saturated rings. The van der Waals surface area contributed by atoms with Gasteiger partial charge in [0, 0.05) is 16.6 Å². The van der Waals surface area contributed by atoms with Gasteiger partial charge in [-0.15, -0.1) is 0 Å². The van der Waals surface area contributed by atoms with Crippen LogP contribution in [0.5, 0.6) is 17.2 Å². The summed E-state index contributed by atoms with van der Waals surface area (Å²) in [6.07, 6.45) is 0.